The molecular formula is C14H23N3O. The van der Waals surface area contributed by atoms with Crippen LogP contribution in [-0.4, -0.2) is 29.7 Å². The largest absolute Gasteiger partial charge is 0.360 e. The van der Waals surface area contributed by atoms with Gasteiger partial charge in [0, 0.05) is 25.7 Å². The number of hydrogen-bond acceptors (Lipinski definition) is 4. The fraction of sp³-hybridized carbons (Fsp3) is 0.500. The van der Waals surface area contributed by atoms with E-state index in [4.69, 9.17) is 4.52 Å². The van der Waals surface area contributed by atoms with Crippen LogP contribution in [0.1, 0.15) is 24.8 Å². The molecule has 0 aliphatic heterocycles. The third-order valence-corrected chi connectivity index (χ3v) is 2.49. The fourth-order valence-corrected chi connectivity index (χ4v) is 1.70. The Balaban J connectivity index is 2.45. The molecule has 1 aromatic rings. The zero-order valence-corrected chi connectivity index (χ0v) is 11.2. The van der Waals surface area contributed by atoms with E-state index in [1.54, 1.807) is 0 Å². The van der Waals surface area contributed by atoms with Gasteiger partial charge in [0.15, 0.2) is 5.76 Å². The zero-order chi connectivity index (χ0) is 13.2. The first-order valence-corrected chi connectivity index (χ1v) is 6.39. The molecule has 0 radical (unpaired) electrons. The minimum Gasteiger partial charge on any atom is -0.360 e. The minimum absolute atomic E-state index is 0.735. The fourth-order valence-electron chi connectivity index (χ4n) is 1.70. The molecule has 1 aromatic heterocycles. The lowest BCUT2D eigenvalue weighted by Crippen LogP contribution is -2.22. The average Bonchev–Trinajstić information content (AvgIpc) is 2.78. The van der Waals surface area contributed by atoms with Crippen LogP contribution in [0.5, 0.6) is 0 Å². The van der Waals surface area contributed by atoms with Gasteiger partial charge in [-0.05, 0) is 13.0 Å². The summed E-state index contributed by atoms with van der Waals surface area (Å²) < 4.78 is 5.32. The van der Waals surface area contributed by atoms with Crippen LogP contribution < -0.4 is 5.32 Å². The Morgan fingerprint density at radius 1 is 1.39 bits per heavy atom. The first kappa shape index (κ1) is 14.7. The third-order valence-electron chi connectivity index (χ3n) is 2.49. The lowest BCUT2D eigenvalue weighted by atomic mass is 10.3. The van der Waals surface area contributed by atoms with Crippen molar-refractivity contribution in [3.05, 3.63) is 42.8 Å². The lowest BCUT2D eigenvalue weighted by molar-refractivity contribution is 0.270. The molecule has 0 aromatic carbocycles. The predicted octanol–water partition coefficient (Wildman–Crippen LogP) is 2.35. The third kappa shape index (κ3) is 5.29. The molecule has 4 nitrogen and oxygen atoms in total. The highest BCUT2D eigenvalue weighted by molar-refractivity contribution is 5.05. The summed E-state index contributed by atoms with van der Waals surface area (Å²) in [6.07, 6.45) is 4.88. The van der Waals surface area contributed by atoms with Gasteiger partial charge in [0.1, 0.15) is 0 Å². The predicted molar refractivity (Wildman–Crippen MR) is 74.2 cm³/mol. The van der Waals surface area contributed by atoms with E-state index in [1.165, 1.54) is 0 Å². The van der Waals surface area contributed by atoms with Crippen LogP contribution in [0.3, 0.4) is 0 Å². The molecule has 18 heavy (non-hydrogen) atoms. The molecule has 1 heterocycles. The molecule has 0 saturated heterocycles. The quantitative estimate of drug-likeness (QED) is 0.510. The lowest BCUT2D eigenvalue weighted by Gasteiger charge is -2.16. The van der Waals surface area contributed by atoms with Gasteiger partial charge in [-0.2, -0.15) is 0 Å². The first-order chi connectivity index (χ1) is 8.80. The molecule has 1 rings (SSSR count). The smallest absolute Gasteiger partial charge is 0.151 e. The number of rotatable bonds is 10. The SMILES string of the molecule is C=CCN(CC=C)Cc1cc(CNCCC)no1. The number of hydrogen-bond donors (Lipinski definition) is 1. The van der Waals surface area contributed by atoms with E-state index in [2.05, 4.69) is 35.5 Å². The molecule has 0 unspecified atom stereocenters. The van der Waals surface area contributed by atoms with Crippen molar-refractivity contribution in [1.29, 1.82) is 0 Å². The first-order valence-electron chi connectivity index (χ1n) is 6.39. The number of nitrogens with zero attached hydrogens (tertiary/aromatic N) is 2. The van der Waals surface area contributed by atoms with Gasteiger partial charge >= 0.3 is 0 Å². The van der Waals surface area contributed by atoms with Gasteiger partial charge in [0.25, 0.3) is 0 Å². The van der Waals surface area contributed by atoms with Gasteiger partial charge in [0.05, 0.1) is 12.2 Å². The molecule has 0 aliphatic rings. The van der Waals surface area contributed by atoms with E-state index in [-0.39, 0.29) is 0 Å². The van der Waals surface area contributed by atoms with Crippen molar-refractivity contribution in [3.63, 3.8) is 0 Å². The average molecular weight is 249 g/mol. The van der Waals surface area contributed by atoms with Gasteiger partial charge in [-0.1, -0.05) is 24.2 Å². The summed E-state index contributed by atoms with van der Waals surface area (Å²) in [6, 6.07) is 2.00. The van der Waals surface area contributed by atoms with Gasteiger partial charge in [-0.3, -0.25) is 4.90 Å². The highest BCUT2D eigenvalue weighted by atomic mass is 16.5. The van der Waals surface area contributed by atoms with Crippen LogP contribution in [-0.2, 0) is 13.1 Å². The van der Waals surface area contributed by atoms with Gasteiger partial charge in [-0.25, -0.2) is 0 Å². The van der Waals surface area contributed by atoms with Crippen LogP contribution in [0.25, 0.3) is 0 Å². The highest BCUT2D eigenvalue weighted by Crippen LogP contribution is 2.07. The standard InChI is InChI=1S/C14H23N3O/c1-4-7-15-11-13-10-14(18-16-13)12-17(8-5-2)9-6-3/h5-6,10,15H,2-4,7-9,11-12H2,1H3. The van der Waals surface area contributed by atoms with Crippen molar-refractivity contribution in [2.24, 2.45) is 0 Å². The van der Waals surface area contributed by atoms with Crippen molar-refractivity contribution in [2.45, 2.75) is 26.4 Å². The van der Waals surface area contributed by atoms with Crippen LogP contribution in [0, 0.1) is 0 Å². The second-order valence-corrected chi connectivity index (χ2v) is 4.23. The van der Waals surface area contributed by atoms with Crippen LogP contribution >= 0.6 is 0 Å². The second kappa shape index (κ2) is 8.66. The van der Waals surface area contributed by atoms with E-state index >= 15 is 0 Å². The maximum atomic E-state index is 5.32. The molecular weight excluding hydrogens is 226 g/mol. The van der Waals surface area contributed by atoms with Gasteiger partial charge in [0.2, 0.25) is 0 Å². The summed E-state index contributed by atoms with van der Waals surface area (Å²) in [5.74, 6) is 0.881. The van der Waals surface area contributed by atoms with E-state index in [9.17, 15) is 0 Å². The number of aromatic nitrogens is 1. The zero-order valence-electron chi connectivity index (χ0n) is 11.2. The summed E-state index contributed by atoms with van der Waals surface area (Å²) in [6.45, 7) is 13.8. The van der Waals surface area contributed by atoms with E-state index in [1.807, 2.05) is 18.2 Å². The molecule has 0 aliphatic carbocycles. The Bertz CT molecular complexity index is 350. The summed E-state index contributed by atoms with van der Waals surface area (Å²) in [5, 5.41) is 7.35. The molecule has 1 N–H and O–H groups in total. The summed E-state index contributed by atoms with van der Waals surface area (Å²) in [7, 11) is 0. The Labute approximate surface area is 109 Å². The molecule has 0 amide bonds. The Kier molecular flexibility index (Phi) is 7.06. The van der Waals surface area contributed by atoms with Crippen LogP contribution in [0.2, 0.25) is 0 Å². The number of nitrogens with one attached hydrogen (secondary N) is 1. The molecule has 0 atom stereocenters. The summed E-state index contributed by atoms with van der Waals surface area (Å²) >= 11 is 0. The van der Waals surface area contributed by atoms with Crippen molar-refractivity contribution in [2.75, 3.05) is 19.6 Å². The normalized spacial score (nSPS) is 10.8. The van der Waals surface area contributed by atoms with E-state index in [0.717, 1.165) is 50.6 Å². The van der Waals surface area contributed by atoms with Crippen LogP contribution in [0.4, 0.5) is 0 Å². The van der Waals surface area contributed by atoms with E-state index in [0.29, 0.717) is 0 Å². The maximum absolute atomic E-state index is 5.32. The van der Waals surface area contributed by atoms with Crippen molar-refractivity contribution in [3.8, 4) is 0 Å². The Morgan fingerprint density at radius 2 is 2.11 bits per heavy atom. The summed E-state index contributed by atoms with van der Waals surface area (Å²) in [5.41, 5.74) is 0.954. The van der Waals surface area contributed by atoms with Gasteiger partial charge in [-0.15, -0.1) is 13.2 Å². The molecule has 4 heteroatoms. The van der Waals surface area contributed by atoms with E-state index < -0.39 is 0 Å². The topological polar surface area (TPSA) is 41.3 Å². The van der Waals surface area contributed by atoms with Crippen molar-refractivity contribution < 1.29 is 4.52 Å². The van der Waals surface area contributed by atoms with Crippen LogP contribution in [0.15, 0.2) is 35.9 Å². The van der Waals surface area contributed by atoms with Gasteiger partial charge < -0.3 is 9.84 Å². The summed E-state index contributed by atoms with van der Waals surface area (Å²) in [4.78, 5) is 2.18. The Morgan fingerprint density at radius 3 is 2.72 bits per heavy atom. The second-order valence-electron chi connectivity index (χ2n) is 4.23. The molecule has 0 bridgehead atoms. The molecule has 100 valence electrons. The highest BCUT2D eigenvalue weighted by Gasteiger charge is 2.08. The monoisotopic (exact) mass is 249 g/mol. The molecule has 0 spiro atoms. The minimum atomic E-state index is 0.735. The Hall–Kier alpha value is -1.39. The maximum Gasteiger partial charge on any atom is 0.151 e. The molecule has 0 saturated carbocycles. The van der Waals surface area contributed by atoms with Crippen molar-refractivity contribution >= 4 is 0 Å². The van der Waals surface area contributed by atoms with Crippen molar-refractivity contribution in [1.82, 2.24) is 15.4 Å². The molecule has 0 fully saturated rings.